The smallest absolute Gasteiger partial charge is 0.272 e. The highest BCUT2D eigenvalue weighted by Gasteiger charge is 2.32. The summed E-state index contributed by atoms with van der Waals surface area (Å²) < 4.78 is 32.4. The van der Waals surface area contributed by atoms with Crippen molar-refractivity contribution in [3.8, 4) is 5.75 Å². The molecule has 0 atom stereocenters. The number of halogens is 2. The third-order valence-electron chi connectivity index (χ3n) is 3.93. The van der Waals surface area contributed by atoms with Crippen molar-refractivity contribution in [1.29, 1.82) is 0 Å². The SMILES string of the molecule is COc1ccc(N(C(=O)c2ccc(Cl)cc2)S(=O)(=O)c2ccc(Cl)cc2)cc1. The van der Waals surface area contributed by atoms with Gasteiger partial charge in [-0.2, -0.15) is 4.31 Å². The van der Waals surface area contributed by atoms with Gasteiger partial charge in [0.1, 0.15) is 5.75 Å². The first-order valence-corrected chi connectivity index (χ1v) is 10.3. The van der Waals surface area contributed by atoms with Gasteiger partial charge in [-0.15, -0.1) is 0 Å². The standard InChI is InChI=1S/C20H15Cl2NO4S/c1-27-18-10-8-17(9-11-18)23(20(24)14-2-4-15(21)5-3-14)28(25,26)19-12-6-16(22)7-13-19/h2-13H,1H3. The van der Waals surface area contributed by atoms with Gasteiger partial charge in [0.15, 0.2) is 0 Å². The molecule has 3 aromatic rings. The van der Waals surface area contributed by atoms with Crippen molar-refractivity contribution in [2.75, 3.05) is 11.4 Å². The highest BCUT2D eigenvalue weighted by Crippen LogP contribution is 2.28. The number of hydrogen-bond acceptors (Lipinski definition) is 4. The Morgan fingerprint density at radius 1 is 0.821 bits per heavy atom. The van der Waals surface area contributed by atoms with Crippen LogP contribution in [0, 0.1) is 0 Å². The lowest BCUT2D eigenvalue weighted by molar-refractivity contribution is 0.101. The summed E-state index contributed by atoms with van der Waals surface area (Å²) >= 11 is 11.7. The summed E-state index contributed by atoms with van der Waals surface area (Å²) in [7, 11) is -2.70. The van der Waals surface area contributed by atoms with Crippen LogP contribution in [0.4, 0.5) is 5.69 Å². The summed E-state index contributed by atoms with van der Waals surface area (Å²) in [6, 6.07) is 17.8. The fraction of sp³-hybridized carbons (Fsp3) is 0.0500. The summed E-state index contributed by atoms with van der Waals surface area (Å²) in [5, 5.41) is 0.826. The lowest BCUT2D eigenvalue weighted by Crippen LogP contribution is -2.37. The minimum atomic E-state index is -4.20. The van der Waals surface area contributed by atoms with E-state index < -0.39 is 15.9 Å². The molecule has 1 amide bonds. The molecule has 0 aliphatic carbocycles. The molecule has 0 fully saturated rings. The second-order valence-electron chi connectivity index (χ2n) is 5.73. The van der Waals surface area contributed by atoms with Crippen molar-refractivity contribution in [2.45, 2.75) is 4.90 Å². The van der Waals surface area contributed by atoms with Crippen LogP contribution in [0.2, 0.25) is 10.0 Å². The molecule has 0 saturated heterocycles. The average Bonchev–Trinajstić information content (AvgIpc) is 2.69. The molecule has 0 spiro atoms. The lowest BCUT2D eigenvalue weighted by Gasteiger charge is -2.23. The van der Waals surface area contributed by atoms with E-state index in [0.717, 1.165) is 4.31 Å². The van der Waals surface area contributed by atoms with Gasteiger partial charge in [0, 0.05) is 15.6 Å². The van der Waals surface area contributed by atoms with Gasteiger partial charge < -0.3 is 4.74 Å². The minimum Gasteiger partial charge on any atom is -0.497 e. The highest BCUT2D eigenvalue weighted by molar-refractivity contribution is 7.93. The molecule has 0 unspecified atom stereocenters. The maximum absolute atomic E-state index is 13.3. The van der Waals surface area contributed by atoms with Crippen molar-refractivity contribution in [3.63, 3.8) is 0 Å². The third kappa shape index (κ3) is 4.14. The Balaban J connectivity index is 2.13. The average molecular weight is 436 g/mol. The molecule has 3 rings (SSSR count). The number of carbonyl (C=O) groups excluding carboxylic acids is 1. The van der Waals surface area contributed by atoms with Gasteiger partial charge in [-0.25, -0.2) is 8.42 Å². The first-order chi connectivity index (χ1) is 13.3. The fourth-order valence-electron chi connectivity index (χ4n) is 2.50. The summed E-state index contributed by atoms with van der Waals surface area (Å²) in [6.07, 6.45) is 0. The largest absolute Gasteiger partial charge is 0.497 e. The fourth-order valence-corrected chi connectivity index (χ4v) is 4.17. The highest BCUT2D eigenvalue weighted by atomic mass is 35.5. The van der Waals surface area contributed by atoms with E-state index in [1.165, 1.54) is 67.8 Å². The van der Waals surface area contributed by atoms with E-state index in [0.29, 0.717) is 15.8 Å². The van der Waals surface area contributed by atoms with Crippen molar-refractivity contribution < 1.29 is 17.9 Å². The van der Waals surface area contributed by atoms with Gasteiger partial charge in [-0.05, 0) is 72.8 Å². The molecule has 0 N–H and O–H groups in total. The van der Waals surface area contributed by atoms with E-state index in [1.54, 1.807) is 12.1 Å². The molecular weight excluding hydrogens is 421 g/mol. The van der Waals surface area contributed by atoms with Gasteiger partial charge in [0.2, 0.25) is 0 Å². The van der Waals surface area contributed by atoms with Crippen molar-refractivity contribution in [3.05, 3.63) is 88.4 Å². The predicted molar refractivity (Wildman–Crippen MR) is 110 cm³/mol. The Labute approximate surface area is 173 Å². The van der Waals surface area contributed by atoms with Crippen LogP contribution in [-0.4, -0.2) is 21.4 Å². The van der Waals surface area contributed by atoms with Crippen LogP contribution in [0.1, 0.15) is 10.4 Å². The van der Waals surface area contributed by atoms with Gasteiger partial charge in [0.25, 0.3) is 15.9 Å². The van der Waals surface area contributed by atoms with Crippen molar-refractivity contribution in [2.24, 2.45) is 0 Å². The van der Waals surface area contributed by atoms with Crippen LogP contribution in [-0.2, 0) is 10.0 Å². The molecule has 0 radical (unpaired) electrons. The number of carbonyl (C=O) groups is 1. The van der Waals surface area contributed by atoms with Crippen molar-refractivity contribution in [1.82, 2.24) is 0 Å². The van der Waals surface area contributed by atoms with E-state index in [4.69, 9.17) is 27.9 Å². The number of anilines is 1. The minimum absolute atomic E-state index is 0.0602. The molecule has 0 heterocycles. The lowest BCUT2D eigenvalue weighted by atomic mass is 10.2. The molecule has 0 aliphatic heterocycles. The monoisotopic (exact) mass is 435 g/mol. The molecule has 0 aromatic heterocycles. The number of nitrogens with zero attached hydrogens (tertiary/aromatic N) is 1. The molecule has 144 valence electrons. The van der Waals surface area contributed by atoms with E-state index >= 15 is 0 Å². The maximum Gasteiger partial charge on any atom is 0.272 e. The van der Waals surface area contributed by atoms with Gasteiger partial charge in [-0.1, -0.05) is 23.2 Å². The van der Waals surface area contributed by atoms with E-state index in [2.05, 4.69) is 0 Å². The molecule has 5 nitrogen and oxygen atoms in total. The molecule has 3 aromatic carbocycles. The Kier molecular flexibility index (Phi) is 5.93. The molecule has 0 bridgehead atoms. The number of amides is 1. The van der Waals surface area contributed by atoms with Crippen LogP contribution < -0.4 is 9.04 Å². The van der Waals surface area contributed by atoms with Gasteiger partial charge >= 0.3 is 0 Å². The quantitative estimate of drug-likeness (QED) is 0.562. The molecule has 0 aliphatic rings. The Morgan fingerprint density at radius 3 is 1.82 bits per heavy atom. The third-order valence-corrected chi connectivity index (χ3v) is 6.16. The van der Waals surface area contributed by atoms with Crippen LogP contribution in [0.25, 0.3) is 0 Å². The zero-order valence-electron chi connectivity index (χ0n) is 14.7. The van der Waals surface area contributed by atoms with E-state index in [-0.39, 0.29) is 16.1 Å². The van der Waals surface area contributed by atoms with Gasteiger partial charge in [0.05, 0.1) is 17.7 Å². The zero-order valence-corrected chi connectivity index (χ0v) is 17.0. The van der Waals surface area contributed by atoms with Crippen molar-refractivity contribution >= 4 is 44.8 Å². The normalized spacial score (nSPS) is 11.1. The molecule has 8 heteroatoms. The topological polar surface area (TPSA) is 63.7 Å². The van der Waals surface area contributed by atoms with Crippen LogP contribution in [0.3, 0.4) is 0 Å². The number of ether oxygens (including phenoxy) is 1. The second-order valence-corrected chi connectivity index (χ2v) is 8.39. The Hall–Kier alpha value is -2.54. The predicted octanol–water partition coefficient (Wildman–Crippen LogP) is 5.04. The number of sulfonamides is 1. The van der Waals surface area contributed by atoms with Crippen LogP contribution in [0.15, 0.2) is 77.7 Å². The summed E-state index contributed by atoms with van der Waals surface area (Å²) in [5.74, 6) is -0.177. The van der Waals surface area contributed by atoms with Gasteiger partial charge in [-0.3, -0.25) is 4.79 Å². The molecule has 28 heavy (non-hydrogen) atoms. The summed E-state index contributed by atoms with van der Waals surface area (Å²) in [4.78, 5) is 13.1. The summed E-state index contributed by atoms with van der Waals surface area (Å²) in [6.45, 7) is 0. The first-order valence-electron chi connectivity index (χ1n) is 8.08. The van der Waals surface area contributed by atoms with E-state index in [1.807, 2.05) is 0 Å². The number of hydrogen-bond donors (Lipinski definition) is 0. The first kappa shape index (κ1) is 20.2. The Morgan fingerprint density at radius 2 is 1.32 bits per heavy atom. The maximum atomic E-state index is 13.3. The number of rotatable bonds is 5. The Bertz CT molecular complexity index is 1080. The van der Waals surface area contributed by atoms with Crippen LogP contribution >= 0.6 is 23.2 Å². The second kappa shape index (κ2) is 8.22. The molecular formula is C20H15Cl2NO4S. The van der Waals surface area contributed by atoms with E-state index in [9.17, 15) is 13.2 Å². The number of benzene rings is 3. The van der Waals surface area contributed by atoms with Crippen LogP contribution in [0.5, 0.6) is 5.75 Å². The molecule has 0 saturated carbocycles. The summed E-state index contributed by atoms with van der Waals surface area (Å²) in [5.41, 5.74) is 0.355. The zero-order chi connectivity index (χ0) is 20.3. The number of methoxy groups -OCH3 is 1.